The third-order valence-electron chi connectivity index (χ3n) is 4.79. The minimum Gasteiger partial charge on any atom is -0.358 e. The topological polar surface area (TPSA) is 31.1 Å². The Bertz CT molecular complexity index is 628. The molecule has 1 aliphatic heterocycles. The lowest BCUT2D eigenvalue weighted by atomic mass is 9.90. The molecule has 3 nitrogen and oxygen atoms in total. The summed E-state index contributed by atoms with van der Waals surface area (Å²) in [4.78, 5) is 6.29. The molecule has 4 rings (SSSR count). The molecule has 1 atom stereocenters. The molecule has 0 saturated carbocycles. The summed E-state index contributed by atoms with van der Waals surface area (Å²) in [7, 11) is 0. The maximum Gasteiger partial charge on any atom is 0.0459 e. The Morgan fingerprint density at radius 3 is 2.90 bits per heavy atom. The van der Waals surface area contributed by atoms with E-state index in [1.54, 1.807) is 5.56 Å². The molecule has 2 aliphatic rings. The second-order valence-electron chi connectivity index (χ2n) is 5.95. The van der Waals surface area contributed by atoms with Gasteiger partial charge in [0, 0.05) is 53.3 Å². The van der Waals surface area contributed by atoms with Crippen LogP contribution in [-0.2, 0) is 12.8 Å². The van der Waals surface area contributed by atoms with Crippen LogP contribution < -0.4 is 5.32 Å². The number of aryl methyl sites for hydroxylation is 1. The van der Waals surface area contributed by atoms with Gasteiger partial charge in [0.05, 0.1) is 0 Å². The lowest BCUT2D eigenvalue weighted by molar-refractivity contribution is 0.159. The molecule has 106 valence electrons. The molecule has 4 heteroatoms. The molecule has 0 amide bonds. The zero-order chi connectivity index (χ0) is 13.5. The van der Waals surface area contributed by atoms with E-state index in [1.165, 1.54) is 53.4 Å². The number of nitrogens with one attached hydrogen (secondary N) is 2. The summed E-state index contributed by atoms with van der Waals surface area (Å²) < 4.78 is 1.18. The first-order valence-corrected chi connectivity index (χ1v) is 8.34. The van der Waals surface area contributed by atoms with Crippen LogP contribution in [0.3, 0.4) is 0 Å². The fourth-order valence-corrected chi connectivity index (χ4v) is 4.09. The van der Waals surface area contributed by atoms with E-state index in [0.29, 0.717) is 0 Å². The van der Waals surface area contributed by atoms with E-state index in [-0.39, 0.29) is 0 Å². The van der Waals surface area contributed by atoms with E-state index in [2.05, 4.69) is 49.3 Å². The van der Waals surface area contributed by atoms with Gasteiger partial charge in [0.25, 0.3) is 0 Å². The Kier molecular flexibility index (Phi) is 3.33. The molecule has 1 aromatic heterocycles. The standard InChI is InChI=1S/C16H20BrN3/c17-11-1-3-15-13(9-11)14-10-12(2-4-16(14)19-15)20-7-5-18-6-8-20/h1,3,9,12,18-19H,2,4-8,10H2. The van der Waals surface area contributed by atoms with Crippen molar-refractivity contribution in [2.75, 3.05) is 26.2 Å². The molecule has 0 radical (unpaired) electrons. The summed E-state index contributed by atoms with van der Waals surface area (Å²) in [5.74, 6) is 0. The number of aromatic amines is 1. The normalized spacial score (nSPS) is 23.9. The number of H-pyrrole nitrogens is 1. The van der Waals surface area contributed by atoms with Crippen LogP contribution >= 0.6 is 15.9 Å². The van der Waals surface area contributed by atoms with Crippen LogP contribution in [0.2, 0.25) is 0 Å². The van der Waals surface area contributed by atoms with Crippen LogP contribution in [0.25, 0.3) is 10.9 Å². The van der Waals surface area contributed by atoms with Gasteiger partial charge in [-0.3, -0.25) is 4.90 Å². The van der Waals surface area contributed by atoms with Crippen LogP contribution in [0.1, 0.15) is 17.7 Å². The Labute approximate surface area is 127 Å². The van der Waals surface area contributed by atoms with Crippen molar-refractivity contribution in [3.05, 3.63) is 33.9 Å². The minimum atomic E-state index is 0.725. The van der Waals surface area contributed by atoms with Crippen molar-refractivity contribution in [1.29, 1.82) is 0 Å². The maximum atomic E-state index is 3.62. The molecule has 1 fully saturated rings. The average molecular weight is 334 g/mol. The van der Waals surface area contributed by atoms with Crippen LogP contribution in [0, 0.1) is 0 Å². The van der Waals surface area contributed by atoms with Gasteiger partial charge in [-0.15, -0.1) is 0 Å². The summed E-state index contributed by atoms with van der Waals surface area (Å²) in [6.07, 6.45) is 3.68. The van der Waals surface area contributed by atoms with Gasteiger partial charge in [-0.2, -0.15) is 0 Å². The van der Waals surface area contributed by atoms with Gasteiger partial charge in [0.2, 0.25) is 0 Å². The zero-order valence-electron chi connectivity index (χ0n) is 11.6. The third kappa shape index (κ3) is 2.20. The van der Waals surface area contributed by atoms with Gasteiger partial charge in [-0.05, 0) is 43.0 Å². The van der Waals surface area contributed by atoms with Crippen LogP contribution in [0.4, 0.5) is 0 Å². The second kappa shape index (κ2) is 5.17. The number of halogens is 1. The molecule has 1 unspecified atom stereocenters. The second-order valence-corrected chi connectivity index (χ2v) is 6.87. The first kappa shape index (κ1) is 12.9. The quantitative estimate of drug-likeness (QED) is 0.840. The van der Waals surface area contributed by atoms with Crippen LogP contribution in [0.5, 0.6) is 0 Å². The van der Waals surface area contributed by atoms with Crippen LogP contribution in [-0.4, -0.2) is 42.1 Å². The molecule has 1 aromatic carbocycles. The number of hydrogen-bond donors (Lipinski definition) is 2. The summed E-state index contributed by atoms with van der Waals surface area (Å²) in [6, 6.07) is 7.31. The van der Waals surface area contributed by atoms with Crippen molar-refractivity contribution < 1.29 is 0 Å². The van der Waals surface area contributed by atoms with E-state index in [9.17, 15) is 0 Å². The third-order valence-corrected chi connectivity index (χ3v) is 5.29. The van der Waals surface area contributed by atoms with E-state index in [0.717, 1.165) is 19.1 Å². The van der Waals surface area contributed by atoms with Crippen molar-refractivity contribution >= 4 is 26.8 Å². The summed E-state index contributed by atoms with van der Waals surface area (Å²) in [5.41, 5.74) is 4.31. The first-order chi connectivity index (χ1) is 9.81. The Morgan fingerprint density at radius 1 is 1.20 bits per heavy atom. The number of benzene rings is 1. The molecule has 20 heavy (non-hydrogen) atoms. The lowest BCUT2D eigenvalue weighted by Crippen LogP contribution is -2.50. The van der Waals surface area contributed by atoms with Crippen molar-refractivity contribution in [2.24, 2.45) is 0 Å². The number of fused-ring (bicyclic) bond motifs is 3. The number of aromatic nitrogens is 1. The minimum absolute atomic E-state index is 0.725. The summed E-state index contributed by atoms with van der Waals surface area (Å²) in [5, 5.41) is 4.86. The Balaban J connectivity index is 1.67. The van der Waals surface area contributed by atoms with Gasteiger partial charge < -0.3 is 10.3 Å². The highest BCUT2D eigenvalue weighted by Crippen LogP contribution is 2.32. The lowest BCUT2D eigenvalue weighted by Gasteiger charge is -2.37. The average Bonchev–Trinajstić information content (AvgIpc) is 2.85. The molecule has 2 aromatic rings. The smallest absolute Gasteiger partial charge is 0.0459 e. The van der Waals surface area contributed by atoms with Gasteiger partial charge in [-0.25, -0.2) is 0 Å². The summed E-state index contributed by atoms with van der Waals surface area (Å²) in [6.45, 7) is 4.68. The molecular formula is C16H20BrN3. The van der Waals surface area contributed by atoms with Gasteiger partial charge in [-0.1, -0.05) is 15.9 Å². The van der Waals surface area contributed by atoms with E-state index < -0.39 is 0 Å². The molecule has 1 saturated heterocycles. The van der Waals surface area contributed by atoms with Gasteiger partial charge >= 0.3 is 0 Å². The fraction of sp³-hybridized carbons (Fsp3) is 0.500. The van der Waals surface area contributed by atoms with Gasteiger partial charge in [0.15, 0.2) is 0 Å². The maximum absolute atomic E-state index is 3.62. The van der Waals surface area contributed by atoms with Crippen molar-refractivity contribution in [2.45, 2.75) is 25.3 Å². The fourth-order valence-electron chi connectivity index (χ4n) is 3.73. The monoisotopic (exact) mass is 333 g/mol. The highest BCUT2D eigenvalue weighted by atomic mass is 79.9. The molecule has 0 spiro atoms. The number of rotatable bonds is 1. The van der Waals surface area contributed by atoms with E-state index in [4.69, 9.17) is 0 Å². The van der Waals surface area contributed by atoms with Crippen molar-refractivity contribution in [3.8, 4) is 0 Å². The Morgan fingerprint density at radius 2 is 2.05 bits per heavy atom. The van der Waals surface area contributed by atoms with E-state index in [1.807, 2.05) is 0 Å². The molecule has 1 aliphatic carbocycles. The van der Waals surface area contributed by atoms with Crippen molar-refractivity contribution in [1.82, 2.24) is 15.2 Å². The van der Waals surface area contributed by atoms with Crippen molar-refractivity contribution in [3.63, 3.8) is 0 Å². The first-order valence-electron chi connectivity index (χ1n) is 7.55. The SMILES string of the molecule is Brc1ccc2[nH]c3c(c2c1)CC(N1CCNCC1)CC3. The highest BCUT2D eigenvalue weighted by molar-refractivity contribution is 9.10. The zero-order valence-corrected chi connectivity index (χ0v) is 13.2. The predicted octanol–water partition coefficient (Wildman–Crippen LogP) is 2.69. The Hall–Kier alpha value is -0.840. The molecule has 2 heterocycles. The number of nitrogens with zero attached hydrogens (tertiary/aromatic N) is 1. The number of hydrogen-bond acceptors (Lipinski definition) is 2. The number of piperazine rings is 1. The molecule has 0 bridgehead atoms. The van der Waals surface area contributed by atoms with Gasteiger partial charge in [0.1, 0.15) is 0 Å². The molecule has 2 N–H and O–H groups in total. The molecular weight excluding hydrogens is 314 g/mol. The van der Waals surface area contributed by atoms with E-state index >= 15 is 0 Å². The largest absolute Gasteiger partial charge is 0.358 e. The van der Waals surface area contributed by atoms with Crippen LogP contribution in [0.15, 0.2) is 22.7 Å². The summed E-state index contributed by atoms with van der Waals surface area (Å²) >= 11 is 3.60. The predicted molar refractivity (Wildman–Crippen MR) is 86.3 cm³/mol. The highest BCUT2D eigenvalue weighted by Gasteiger charge is 2.27.